The second-order valence-corrected chi connectivity index (χ2v) is 6.76. The summed E-state index contributed by atoms with van der Waals surface area (Å²) >= 11 is 0. The van der Waals surface area contributed by atoms with E-state index in [1.54, 1.807) is 35.0 Å². The van der Waals surface area contributed by atoms with Gasteiger partial charge in [0.2, 0.25) is 5.91 Å². The first-order chi connectivity index (χ1) is 14.4. The summed E-state index contributed by atoms with van der Waals surface area (Å²) < 4.78 is 42.4. The number of pyridine rings is 1. The molecule has 4 aromatic rings. The largest absolute Gasteiger partial charge is 0.418 e. The molecule has 9 heteroatoms. The molecule has 0 saturated carbocycles. The number of halogens is 3. The summed E-state index contributed by atoms with van der Waals surface area (Å²) in [6.07, 6.45) is -0.985. The molecule has 0 aliphatic carbocycles. The molecular formula is C21H17F3N4O2. The highest BCUT2D eigenvalue weighted by molar-refractivity contribution is 5.91. The van der Waals surface area contributed by atoms with E-state index in [1.807, 2.05) is 6.07 Å². The number of para-hydroxylation sites is 1. The molecule has 30 heavy (non-hydrogen) atoms. The standard InChI is InChI=1S/C21H17F3N4O2/c22-21(23,24)14-6-1-2-7-15(14)26-18(29)10-5-13-28-19-16(8-3-11-25-19)27-12-4-9-17(27)20(28)30/h1-4,6-9,11-12H,5,10,13H2,(H,26,29). The van der Waals surface area contributed by atoms with E-state index in [2.05, 4.69) is 10.3 Å². The van der Waals surface area contributed by atoms with Gasteiger partial charge in [-0.15, -0.1) is 0 Å². The molecule has 0 bridgehead atoms. The lowest BCUT2D eigenvalue weighted by Crippen LogP contribution is -2.24. The minimum absolute atomic E-state index is 0.0425. The van der Waals surface area contributed by atoms with Crippen LogP contribution in [0.3, 0.4) is 0 Å². The van der Waals surface area contributed by atoms with Gasteiger partial charge in [-0.1, -0.05) is 12.1 Å². The summed E-state index contributed by atoms with van der Waals surface area (Å²) in [5.74, 6) is -0.555. The molecule has 0 fully saturated rings. The number of benzene rings is 1. The van der Waals surface area contributed by atoms with Crippen molar-refractivity contribution in [1.29, 1.82) is 0 Å². The monoisotopic (exact) mass is 414 g/mol. The first kappa shape index (κ1) is 19.7. The zero-order valence-corrected chi connectivity index (χ0v) is 15.7. The van der Waals surface area contributed by atoms with Crippen molar-refractivity contribution in [3.05, 3.63) is 76.8 Å². The molecule has 4 rings (SSSR count). The quantitative estimate of drug-likeness (QED) is 0.535. The van der Waals surface area contributed by atoms with Crippen molar-refractivity contribution in [2.24, 2.45) is 0 Å². The van der Waals surface area contributed by atoms with Crippen LogP contribution in [0.1, 0.15) is 18.4 Å². The summed E-state index contributed by atoms with van der Waals surface area (Å²) in [6.45, 7) is 0.211. The third kappa shape index (κ3) is 3.66. The molecule has 0 atom stereocenters. The summed E-state index contributed by atoms with van der Waals surface area (Å²) in [5, 5.41) is 2.31. The van der Waals surface area contributed by atoms with Crippen molar-refractivity contribution in [3.63, 3.8) is 0 Å². The van der Waals surface area contributed by atoms with Crippen molar-refractivity contribution in [1.82, 2.24) is 14.0 Å². The van der Waals surface area contributed by atoms with Crippen LogP contribution in [0, 0.1) is 0 Å². The number of nitrogens with zero attached hydrogens (tertiary/aromatic N) is 3. The number of carbonyl (C=O) groups excluding carboxylic acids is 1. The highest BCUT2D eigenvalue weighted by Crippen LogP contribution is 2.34. The lowest BCUT2D eigenvalue weighted by Gasteiger charge is -2.14. The topological polar surface area (TPSA) is 68.4 Å². The summed E-state index contributed by atoms with van der Waals surface area (Å²) in [6, 6.07) is 11.9. The zero-order valence-electron chi connectivity index (χ0n) is 15.7. The maximum absolute atomic E-state index is 13.1. The fourth-order valence-corrected chi connectivity index (χ4v) is 3.44. The van der Waals surface area contributed by atoms with Gasteiger partial charge in [0, 0.05) is 25.4 Å². The first-order valence-corrected chi connectivity index (χ1v) is 9.27. The van der Waals surface area contributed by atoms with Gasteiger partial charge in [-0.2, -0.15) is 13.2 Å². The average molecular weight is 414 g/mol. The van der Waals surface area contributed by atoms with Gasteiger partial charge >= 0.3 is 6.18 Å². The molecule has 0 spiro atoms. The Morgan fingerprint density at radius 1 is 1.03 bits per heavy atom. The minimum Gasteiger partial charge on any atom is -0.326 e. The maximum atomic E-state index is 13.1. The van der Waals surface area contributed by atoms with E-state index in [-0.39, 0.29) is 30.6 Å². The van der Waals surface area contributed by atoms with Gasteiger partial charge in [0.15, 0.2) is 5.65 Å². The minimum atomic E-state index is -4.56. The molecular weight excluding hydrogens is 397 g/mol. The van der Waals surface area contributed by atoms with Gasteiger partial charge in [0.1, 0.15) is 5.52 Å². The van der Waals surface area contributed by atoms with Crippen LogP contribution in [-0.4, -0.2) is 19.9 Å². The molecule has 0 unspecified atom stereocenters. The normalized spacial score (nSPS) is 11.8. The molecule has 0 radical (unpaired) electrons. The molecule has 0 aliphatic heterocycles. The van der Waals surface area contributed by atoms with Gasteiger partial charge < -0.3 is 9.72 Å². The number of fused-ring (bicyclic) bond motifs is 3. The third-order valence-corrected chi connectivity index (χ3v) is 4.79. The van der Waals surface area contributed by atoms with Crippen LogP contribution in [0.5, 0.6) is 0 Å². The molecule has 0 saturated heterocycles. The predicted molar refractivity (Wildman–Crippen MR) is 106 cm³/mol. The average Bonchev–Trinajstić information content (AvgIpc) is 3.20. The molecule has 0 aliphatic rings. The predicted octanol–water partition coefficient (Wildman–Crippen LogP) is 4.09. The van der Waals surface area contributed by atoms with Crippen molar-refractivity contribution in [2.75, 3.05) is 5.32 Å². The van der Waals surface area contributed by atoms with Crippen LogP contribution >= 0.6 is 0 Å². The third-order valence-electron chi connectivity index (χ3n) is 4.79. The smallest absolute Gasteiger partial charge is 0.326 e. The number of amides is 1. The second-order valence-electron chi connectivity index (χ2n) is 6.76. The Morgan fingerprint density at radius 2 is 1.80 bits per heavy atom. The summed E-state index contributed by atoms with van der Waals surface area (Å²) in [5.41, 5.74) is 0.292. The molecule has 6 nitrogen and oxygen atoms in total. The number of alkyl halides is 3. The van der Waals surface area contributed by atoms with Gasteiger partial charge in [-0.3, -0.25) is 14.2 Å². The molecule has 3 aromatic heterocycles. The van der Waals surface area contributed by atoms with E-state index < -0.39 is 17.6 Å². The Labute approximate surface area is 168 Å². The van der Waals surface area contributed by atoms with Crippen LogP contribution in [0.25, 0.3) is 16.7 Å². The second kappa shape index (κ2) is 7.66. The van der Waals surface area contributed by atoms with Gasteiger partial charge in [-0.05, 0) is 42.8 Å². The number of nitrogens with one attached hydrogen (secondary N) is 1. The van der Waals surface area contributed by atoms with Gasteiger partial charge in [0.05, 0.1) is 16.8 Å². The van der Waals surface area contributed by atoms with Crippen LogP contribution < -0.4 is 10.9 Å². The number of rotatable bonds is 5. The molecule has 1 N–H and O–H groups in total. The Hall–Kier alpha value is -3.62. The fraction of sp³-hybridized carbons (Fsp3) is 0.190. The highest BCUT2D eigenvalue weighted by Gasteiger charge is 2.33. The van der Waals surface area contributed by atoms with E-state index in [4.69, 9.17) is 0 Å². The number of carbonyl (C=O) groups is 1. The lowest BCUT2D eigenvalue weighted by molar-refractivity contribution is -0.137. The number of aryl methyl sites for hydroxylation is 1. The molecule has 3 heterocycles. The summed E-state index contributed by atoms with van der Waals surface area (Å²) in [4.78, 5) is 29.3. The number of hydrogen-bond acceptors (Lipinski definition) is 3. The van der Waals surface area contributed by atoms with Gasteiger partial charge in [0.25, 0.3) is 5.56 Å². The Kier molecular flexibility index (Phi) is 5.03. The Balaban J connectivity index is 1.51. The van der Waals surface area contributed by atoms with Gasteiger partial charge in [-0.25, -0.2) is 4.98 Å². The van der Waals surface area contributed by atoms with Crippen LogP contribution in [0.2, 0.25) is 0 Å². The molecule has 1 amide bonds. The number of hydrogen-bond donors (Lipinski definition) is 1. The van der Waals surface area contributed by atoms with Crippen molar-refractivity contribution >= 4 is 28.3 Å². The van der Waals surface area contributed by atoms with Crippen LogP contribution in [0.15, 0.2) is 65.7 Å². The first-order valence-electron chi connectivity index (χ1n) is 9.27. The van der Waals surface area contributed by atoms with E-state index in [0.29, 0.717) is 11.2 Å². The van der Waals surface area contributed by atoms with E-state index in [9.17, 15) is 22.8 Å². The summed E-state index contributed by atoms with van der Waals surface area (Å²) in [7, 11) is 0. The van der Waals surface area contributed by atoms with E-state index in [0.717, 1.165) is 11.6 Å². The molecule has 1 aromatic carbocycles. The zero-order chi connectivity index (χ0) is 21.3. The van der Waals surface area contributed by atoms with Crippen LogP contribution in [-0.2, 0) is 17.5 Å². The van der Waals surface area contributed by atoms with Crippen molar-refractivity contribution in [3.8, 4) is 0 Å². The van der Waals surface area contributed by atoms with E-state index in [1.165, 1.54) is 22.8 Å². The maximum Gasteiger partial charge on any atom is 0.418 e. The number of anilines is 1. The van der Waals surface area contributed by atoms with E-state index >= 15 is 0 Å². The van der Waals surface area contributed by atoms with Crippen molar-refractivity contribution < 1.29 is 18.0 Å². The highest BCUT2D eigenvalue weighted by atomic mass is 19.4. The lowest BCUT2D eigenvalue weighted by atomic mass is 10.1. The SMILES string of the molecule is O=C(CCCn1c(=O)c2cccn2c2cccnc21)Nc1ccccc1C(F)(F)F. The number of aromatic nitrogens is 3. The Bertz CT molecular complexity index is 1290. The Morgan fingerprint density at radius 3 is 2.60 bits per heavy atom. The molecule has 154 valence electrons. The van der Waals surface area contributed by atoms with Crippen LogP contribution in [0.4, 0.5) is 18.9 Å². The fourth-order valence-electron chi connectivity index (χ4n) is 3.44. The van der Waals surface area contributed by atoms with Crippen molar-refractivity contribution in [2.45, 2.75) is 25.6 Å².